The van der Waals surface area contributed by atoms with Crippen LogP contribution in [0.25, 0.3) is 0 Å². The van der Waals surface area contributed by atoms with Crippen molar-refractivity contribution in [1.82, 2.24) is 4.90 Å². The van der Waals surface area contributed by atoms with Crippen molar-refractivity contribution in [2.75, 3.05) is 7.05 Å². The third kappa shape index (κ3) is 2.23. The highest BCUT2D eigenvalue weighted by atomic mass is 19.1. The molecule has 1 aliphatic carbocycles. The van der Waals surface area contributed by atoms with Crippen LogP contribution in [0.5, 0.6) is 0 Å². The molecule has 3 nitrogen and oxygen atoms in total. The predicted octanol–water partition coefficient (Wildman–Crippen LogP) is 2.43. The number of fused-ring (bicyclic) bond motifs is 1. The number of carboxylic acid groups (broad SMARTS) is 1. The first-order valence-corrected chi connectivity index (χ1v) is 5.41. The van der Waals surface area contributed by atoms with E-state index in [1.165, 1.54) is 18.0 Å². The molecule has 1 aliphatic rings. The summed E-state index contributed by atoms with van der Waals surface area (Å²) in [5.41, 5.74) is 1.09. The second kappa shape index (κ2) is 4.31. The zero-order valence-electron chi connectivity index (χ0n) is 9.41. The first-order chi connectivity index (χ1) is 7.99. The Labute approximate surface area is 97.7 Å². The molecule has 1 atom stereocenters. The number of likely N-dealkylation sites (N-methyl/N-ethyl adjacent to an activating group) is 1. The van der Waals surface area contributed by atoms with Crippen LogP contribution in [-0.2, 0) is 12.8 Å². The van der Waals surface area contributed by atoms with Crippen LogP contribution in [0.3, 0.4) is 0 Å². The van der Waals surface area contributed by atoms with Crippen molar-refractivity contribution in [3.63, 3.8) is 0 Å². The van der Waals surface area contributed by atoms with Crippen LogP contribution in [0.2, 0.25) is 0 Å². The van der Waals surface area contributed by atoms with E-state index in [0.29, 0.717) is 30.4 Å². The molecule has 92 valence electrons. The van der Waals surface area contributed by atoms with Crippen molar-refractivity contribution in [3.8, 4) is 0 Å². The number of halogens is 2. The van der Waals surface area contributed by atoms with E-state index in [9.17, 15) is 13.6 Å². The summed E-state index contributed by atoms with van der Waals surface area (Å²) in [5, 5.41) is 8.87. The zero-order chi connectivity index (χ0) is 12.6. The minimum atomic E-state index is -1.03. The van der Waals surface area contributed by atoms with E-state index in [-0.39, 0.29) is 6.04 Å². The monoisotopic (exact) mass is 241 g/mol. The maximum Gasteiger partial charge on any atom is 0.407 e. The maximum atomic E-state index is 13.6. The van der Waals surface area contributed by atoms with Crippen LogP contribution in [0.1, 0.15) is 17.5 Å². The number of hydrogen-bond donors (Lipinski definition) is 1. The molecule has 0 heterocycles. The molecule has 1 unspecified atom stereocenters. The van der Waals surface area contributed by atoms with Gasteiger partial charge in [0.2, 0.25) is 0 Å². The van der Waals surface area contributed by atoms with Crippen molar-refractivity contribution >= 4 is 6.09 Å². The van der Waals surface area contributed by atoms with Gasteiger partial charge in [-0.1, -0.05) is 0 Å². The van der Waals surface area contributed by atoms with Crippen molar-refractivity contribution < 1.29 is 18.7 Å². The smallest absolute Gasteiger partial charge is 0.407 e. The Kier molecular flexibility index (Phi) is 3.00. The molecule has 1 amide bonds. The molecule has 0 aromatic heterocycles. The molecule has 1 aromatic rings. The van der Waals surface area contributed by atoms with Gasteiger partial charge in [0.05, 0.1) is 0 Å². The van der Waals surface area contributed by atoms with Crippen molar-refractivity contribution in [3.05, 3.63) is 34.9 Å². The molecular formula is C12H13F2NO2. The predicted molar refractivity (Wildman–Crippen MR) is 58.0 cm³/mol. The fourth-order valence-electron chi connectivity index (χ4n) is 2.26. The third-order valence-electron chi connectivity index (χ3n) is 3.29. The Bertz CT molecular complexity index is 462. The normalized spacial score (nSPS) is 18.6. The summed E-state index contributed by atoms with van der Waals surface area (Å²) in [6.45, 7) is 0. The van der Waals surface area contributed by atoms with Crippen molar-refractivity contribution in [2.45, 2.75) is 25.3 Å². The Balaban J connectivity index is 2.27. The standard InChI is InChI=1S/C12H13F2NO2/c1-15(12(16)17)9-3-2-7-4-8(13)5-11(14)10(7)6-9/h4-5,9H,2-3,6H2,1H3,(H,16,17). The number of hydrogen-bond acceptors (Lipinski definition) is 1. The van der Waals surface area contributed by atoms with Crippen molar-refractivity contribution in [1.29, 1.82) is 0 Å². The van der Waals surface area contributed by atoms with Gasteiger partial charge in [0.1, 0.15) is 11.6 Å². The maximum absolute atomic E-state index is 13.6. The summed E-state index contributed by atoms with van der Waals surface area (Å²) >= 11 is 0. The molecule has 5 heteroatoms. The van der Waals surface area contributed by atoms with E-state index in [1.807, 2.05) is 0 Å². The Morgan fingerprint density at radius 3 is 2.82 bits per heavy atom. The van der Waals surface area contributed by atoms with E-state index in [2.05, 4.69) is 0 Å². The highest BCUT2D eigenvalue weighted by molar-refractivity contribution is 5.65. The molecule has 0 aliphatic heterocycles. The molecule has 17 heavy (non-hydrogen) atoms. The van der Waals surface area contributed by atoms with Crippen LogP contribution in [0, 0.1) is 11.6 Å². The molecule has 0 saturated heterocycles. The molecule has 0 radical (unpaired) electrons. The average molecular weight is 241 g/mol. The van der Waals surface area contributed by atoms with Gasteiger partial charge in [0, 0.05) is 19.2 Å². The van der Waals surface area contributed by atoms with E-state index in [0.717, 1.165) is 6.07 Å². The number of amides is 1. The van der Waals surface area contributed by atoms with E-state index in [1.54, 1.807) is 0 Å². The summed E-state index contributed by atoms with van der Waals surface area (Å²) in [4.78, 5) is 12.0. The lowest BCUT2D eigenvalue weighted by molar-refractivity contribution is 0.133. The van der Waals surface area contributed by atoms with E-state index in [4.69, 9.17) is 5.11 Å². The topological polar surface area (TPSA) is 40.5 Å². The lowest BCUT2D eigenvalue weighted by atomic mass is 9.87. The Morgan fingerprint density at radius 1 is 1.47 bits per heavy atom. The number of carbonyl (C=O) groups is 1. The molecule has 0 spiro atoms. The molecule has 1 N–H and O–H groups in total. The molecule has 0 bridgehead atoms. The van der Waals surface area contributed by atoms with Crippen LogP contribution in [0.4, 0.5) is 13.6 Å². The lowest BCUT2D eigenvalue weighted by Gasteiger charge is -2.30. The van der Waals surface area contributed by atoms with Gasteiger partial charge in [-0.2, -0.15) is 0 Å². The van der Waals surface area contributed by atoms with Crippen LogP contribution in [-0.4, -0.2) is 29.2 Å². The number of nitrogens with zero attached hydrogens (tertiary/aromatic N) is 1. The fourth-order valence-corrected chi connectivity index (χ4v) is 2.26. The van der Waals surface area contributed by atoms with Gasteiger partial charge < -0.3 is 10.0 Å². The van der Waals surface area contributed by atoms with Crippen LogP contribution in [0.15, 0.2) is 12.1 Å². The summed E-state index contributed by atoms with van der Waals surface area (Å²) in [6.07, 6.45) is 0.385. The van der Waals surface area contributed by atoms with Gasteiger partial charge in [-0.15, -0.1) is 0 Å². The minimum absolute atomic E-state index is 0.236. The molecule has 2 rings (SSSR count). The quantitative estimate of drug-likeness (QED) is 0.820. The first-order valence-electron chi connectivity index (χ1n) is 5.41. The lowest BCUT2D eigenvalue weighted by Crippen LogP contribution is -2.40. The van der Waals surface area contributed by atoms with Gasteiger partial charge in [-0.05, 0) is 36.5 Å². The second-order valence-corrected chi connectivity index (χ2v) is 4.32. The van der Waals surface area contributed by atoms with E-state index < -0.39 is 17.7 Å². The van der Waals surface area contributed by atoms with Crippen LogP contribution < -0.4 is 0 Å². The number of benzene rings is 1. The first kappa shape index (κ1) is 11.8. The van der Waals surface area contributed by atoms with Gasteiger partial charge in [-0.3, -0.25) is 0 Å². The third-order valence-corrected chi connectivity index (χ3v) is 3.29. The summed E-state index contributed by atoms with van der Waals surface area (Å²) in [7, 11) is 1.47. The summed E-state index contributed by atoms with van der Waals surface area (Å²) in [5.74, 6) is -1.16. The van der Waals surface area contributed by atoms with Gasteiger partial charge in [-0.25, -0.2) is 13.6 Å². The Morgan fingerprint density at radius 2 is 2.18 bits per heavy atom. The highest BCUT2D eigenvalue weighted by Crippen LogP contribution is 2.27. The largest absolute Gasteiger partial charge is 0.465 e. The van der Waals surface area contributed by atoms with Crippen molar-refractivity contribution in [2.24, 2.45) is 0 Å². The highest BCUT2D eigenvalue weighted by Gasteiger charge is 2.27. The van der Waals surface area contributed by atoms with Crippen LogP contribution >= 0.6 is 0 Å². The summed E-state index contributed by atoms with van der Waals surface area (Å²) in [6, 6.07) is 1.94. The van der Waals surface area contributed by atoms with Gasteiger partial charge in [0.25, 0.3) is 0 Å². The average Bonchev–Trinajstić information content (AvgIpc) is 2.27. The second-order valence-electron chi connectivity index (χ2n) is 4.32. The number of aryl methyl sites for hydroxylation is 1. The summed E-state index contributed by atoms with van der Waals surface area (Å²) < 4.78 is 26.6. The Hall–Kier alpha value is -1.65. The SMILES string of the molecule is CN(C(=O)O)C1CCc2cc(F)cc(F)c2C1. The molecule has 0 saturated carbocycles. The number of rotatable bonds is 1. The van der Waals surface area contributed by atoms with Gasteiger partial charge >= 0.3 is 6.09 Å². The fraction of sp³-hybridized carbons (Fsp3) is 0.417. The minimum Gasteiger partial charge on any atom is -0.465 e. The zero-order valence-corrected chi connectivity index (χ0v) is 9.41. The van der Waals surface area contributed by atoms with E-state index >= 15 is 0 Å². The molecule has 1 aromatic carbocycles. The molecule has 0 fully saturated rings. The van der Waals surface area contributed by atoms with Gasteiger partial charge in [0.15, 0.2) is 0 Å². The molecular weight excluding hydrogens is 228 g/mol.